The van der Waals surface area contributed by atoms with Crippen LogP contribution in [0.4, 0.5) is 23.7 Å². The first-order valence-electron chi connectivity index (χ1n) is 11.7. The van der Waals surface area contributed by atoms with Gasteiger partial charge in [-0.15, -0.1) is 0 Å². The third-order valence-corrected chi connectivity index (χ3v) is 6.95. The van der Waals surface area contributed by atoms with E-state index in [1.165, 1.54) is 13.2 Å². The molecule has 0 spiro atoms. The van der Waals surface area contributed by atoms with E-state index in [4.69, 9.17) is 21.1 Å². The van der Waals surface area contributed by atoms with Gasteiger partial charge in [0, 0.05) is 0 Å². The van der Waals surface area contributed by atoms with Gasteiger partial charge in [-0.05, 0) is 66.2 Å². The highest BCUT2D eigenvalue weighted by Gasteiger charge is 2.37. The first kappa shape index (κ1) is 29.0. The summed E-state index contributed by atoms with van der Waals surface area (Å²) in [5.41, 5.74) is 1.38. The van der Waals surface area contributed by atoms with Crippen LogP contribution < -0.4 is 14.8 Å². The van der Waals surface area contributed by atoms with Crippen molar-refractivity contribution >= 4 is 52.2 Å². The number of amides is 3. The summed E-state index contributed by atoms with van der Waals surface area (Å²) in [6, 6.07) is 15.3. The summed E-state index contributed by atoms with van der Waals surface area (Å²) in [5.74, 6) is -1.18. The Bertz CT molecular complexity index is 1490. The number of nitrogens with one attached hydrogen (secondary N) is 1. The molecule has 1 aliphatic heterocycles. The fourth-order valence-corrected chi connectivity index (χ4v) is 4.75. The van der Waals surface area contributed by atoms with Crippen LogP contribution >= 0.6 is 23.4 Å². The van der Waals surface area contributed by atoms with Gasteiger partial charge in [0.2, 0.25) is 5.91 Å². The van der Waals surface area contributed by atoms with Gasteiger partial charge in [0.25, 0.3) is 11.1 Å². The SMILES string of the molecule is COc1ccc(C(F)(F)F)cc1NC(=O)CN1C(=O)S/C(=C\c2ccc(OCc3ccc(C)cc3)c(Cl)c2)C1=O. The Kier molecular flexibility index (Phi) is 8.75. The summed E-state index contributed by atoms with van der Waals surface area (Å²) in [7, 11) is 1.23. The molecule has 40 heavy (non-hydrogen) atoms. The third kappa shape index (κ3) is 6.97. The monoisotopic (exact) mass is 590 g/mol. The molecule has 7 nitrogen and oxygen atoms in total. The fourth-order valence-electron chi connectivity index (χ4n) is 3.67. The van der Waals surface area contributed by atoms with Crippen LogP contribution in [0.2, 0.25) is 5.02 Å². The Balaban J connectivity index is 1.42. The van der Waals surface area contributed by atoms with E-state index in [1.54, 1.807) is 18.2 Å². The van der Waals surface area contributed by atoms with E-state index in [0.29, 0.717) is 45.7 Å². The lowest BCUT2D eigenvalue weighted by Crippen LogP contribution is -2.36. The van der Waals surface area contributed by atoms with Crippen molar-refractivity contribution in [2.24, 2.45) is 0 Å². The average molecular weight is 591 g/mol. The molecule has 3 aromatic carbocycles. The summed E-state index contributed by atoms with van der Waals surface area (Å²) in [6.07, 6.45) is -3.19. The molecule has 0 bridgehead atoms. The maximum Gasteiger partial charge on any atom is 0.416 e. The molecule has 0 aliphatic carbocycles. The van der Waals surface area contributed by atoms with Crippen molar-refractivity contribution in [3.8, 4) is 11.5 Å². The van der Waals surface area contributed by atoms with Gasteiger partial charge in [-0.1, -0.05) is 47.5 Å². The van der Waals surface area contributed by atoms with Gasteiger partial charge in [-0.25, -0.2) is 0 Å². The topological polar surface area (TPSA) is 84.9 Å². The molecule has 1 fully saturated rings. The third-order valence-electron chi connectivity index (χ3n) is 5.74. The summed E-state index contributed by atoms with van der Waals surface area (Å²) in [6.45, 7) is 1.60. The van der Waals surface area contributed by atoms with E-state index >= 15 is 0 Å². The van der Waals surface area contributed by atoms with Crippen molar-refractivity contribution in [3.05, 3.63) is 92.8 Å². The van der Waals surface area contributed by atoms with Crippen molar-refractivity contribution in [1.29, 1.82) is 0 Å². The van der Waals surface area contributed by atoms with Gasteiger partial charge >= 0.3 is 6.18 Å². The van der Waals surface area contributed by atoms with Crippen LogP contribution in [0.3, 0.4) is 0 Å². The van der Waals surface area contributed by atoms with Crippen molar-refractivity contribution in [2.45, 2.75) is 19.7 Å². The molecule has 208 valence electrons. The van der Waals surface area contributed by atoms with Gasteiger partial charge in [-0.2, -0.15) is 13.2 Å². The van der Waals surface area contributed by atoms with Crippen LogP contribution in [0.1, 0.15) is 22.3 Å². The molecule has 0 atom stereocenters. The second kappa shape index (κ2) is 12.1. The summed E-state index contributed by atoms with van der Waals surface area (Å²) < 4.78 is 50.0. The predicted molar refractivity (Wildman–Crippen MR) is 146 cm³/mol. The number of halogens is 4. The minimum absolute atomic E-state index is 0.0152. The fraction of sp³-hybridized carbons (Fsp3) is 0.179. The molecule has 1 N–H and O–H groups in total. The van der Waals surface area contributed by atoms with Crippen LogP contribution in [-0.2, 0) is 22.4 Å². The molecule has 12 heteroatoms. The quantitative estimate of drug-likeness (QED) is 0.286. The largest absolute Gasteiger partial charge is 0.495 e. The molecule has 4 rings (SSSR count). The zero-order valence-corrected chi connectivity index (χ0v) is 22.7. The number of methoxy groups -OCH3 is 1. The Morgan fingerprint density at radius 3 is 2.40 bits per heavy atom. The van der Waals surface area contributed by atoms with Crippen LogP contribution in [0.5, 0.6) is 11.5 Å². The highest BCUT2D eigenvalue weighted by molar-refractivity contribution is 8.18. The van der Waals surface area contributed by atoms with Gasteiger partial charge < -0.3 is 14.8 Å². The first-order valence-corrected chi connectivity index (χ1v) is 12.9. The molecule has 0 saturated carbocycles. The zero-order chi connectivity index (χ0) is 29.0. The molecule has 0 radical (unpaired) electrons. The van der Waals surface area contributed by atoms with E-state index in [0.717, 1.165) is 23.3 Å². The molecule has 0 unspecified atom stereocenters. The Morgan fingerprint density at radius 2 is 1.75 bits per heavy atom. The first-order chi connectivity index (χ1) is 18.9. The predicted octanol–water partition coefficient (Wildman–Crippen LogP) is 6.93. The van der Waals surface area contributed by atoms with Gasteiger partial charge in [0.15, 0.2) is 0 Å². The van der Waals surface area contributed by atoms with E-state index in [9.17, 15) is 27.6 Å². The van der Waals surface area contributed by atoms with E-state index in [1.807, 2.05) is 31.2 Å². The van der Waals surface area contributed by atoms with Crippen molar-refractivity contribution in [2.75, 3.05) is 19.0 Å². The molecule has 3 aromatic rings. The normalized spacial score (nSPS) is 14.6. The number of aryl methyl sites for hydroxylation is 1. The number of nitrogens with zero attached hydrogens (tertiary/aromatic N) is 1. The number of benzene rings is 3. The molecular formula is C28H22ClF3N2O5S. The molecule has 1 heterocycles. The number of ether oxygens (including phenoxy) is 2. The minimum Gasteiger partial charge on any atom is -0.495 e. The van der Waals surface area contributed by atoms with Crippen LogP contribution in [0.25, 0.3) is 6.08 Å². The molecular weight excluding hydrogens is 569 g/mol. The maximum atomic E-state index is 13.1. The second-order valence-electron chi connectivity index (χ2n) is 8.69. The Labute approximate surface area is 236 Å². The number of carbonyl (C=O) groups is 3. The standard InChI is InChI=1S/C28H22ClF3N2O5S/c1-16-3-5-17(6-4-16)15-39-22-9-7-18(11-20(22)29)12-24-26(36)34(27(37)40-24)14-25(35)33-21-13-19(28(30,31)32)8-10-23(21)38-2/h3-13H,14-15H2,1-2H3,(H,33,35)/b24-12-. The number of imide groups is 1. The van der Waals surface area contributed by atoms with Crippen LogP contribution in [0, 0.1) is 6.92 Å². The Hall–Kier alpha value is -3.96. The van der Waals surface area contributed by atoms with Crippen molar-refractivity contribution < 1.29 is 37.0 Å². The maximum absolute atomic E-state index is 13.1. The van der Waals surface area contributed by atoms with E-state index in [2.05, 4.69) is 5.32 Å². The Morgan fingerprint density at radius 1 is 1.05 bits per heavy atom. The average Bonchev–Trinajstić information content (AvgIpc) is 3.15. The number of alkyl halides is 3. The van der Waals surface area contributed by atoms with E-state index < -0.39 is 35.3 Å². The van der Waals surface area contributed by atoms with E-state index in [-0.39, 0.29) is 16.3 Å². The summed E-state index contributed by atoms with van der Waals surface area (Å²) in [4.78, 5) is 38.6. The van der Waals surface area contributed by atoms with Crippen LogP contribution in [0.15, 0.2) is 65.6 Å². The number of hydrogen-bond donors (Lipinski definition) is 1. The lowest BCUT2D eigenvalue weighted by Gasteiger charge is -2.16. The number of anilines is 1. The number of hydrogen-bond acceptors (Lipinski definition) is 6. The number of carbonyl (C=O) groups excluding carboxylic acids is 3. The zero-order valence-electron chi connectivity index (χ0n) is 21.2. The highest BCUT2D eigenvalue weighted by Crippen LogP contribution is 2.36. The van der Waals surface area contributed by atoms with Crippen molar-refractivity contribution in [1.82, 2.24) is 4.90 Å². The van der Waals surface area contributed by atoms with Gasteiger partial charge in [0.05, 0.1) is 28.3 Å². The molecule has 0 aromatic heterocycles. The molecule has 1 aliphatic rings. The molecule has 1 saturated heterocycles. The van der Waals surface area contributed by atoms with Gasteiger partial charge in [0.1, 0.15) is 24.7 Å². The lowest BCUT2D eigenvalue weighted by molar-refractivity contribution is -0.137. The lowest BCUT2D eigenvalue weighted by atomic mass is 10.1. The summed E-state index contributed by atoms with van der Waals surface area (Å²) >= 11 is 6.98. The van der Waals surface area contributed by atoms with Crippen molar-refractivity contribution in [3.63, 3.8) is 0 Å². The second-order valence-corrected chi connectivity index (χ2v) is 10.1. The van der Waals surface area contributed by atoms with Crippen LogP contribution in [-0.4, -0.2) is 35.6 Å². The minimum atomic E-state index is -4.64. The number of rotatable bonds is 8. The molecule has 3 amide bonds. The number of thioether (sulfide) groups is 1. The highest BCUT2D eigenvalue weighted by atomic mass is 35.5. The summed E-state index contributed by atoms with van der Waals surface area (Å²) in [5, 5.41) is 1.87. The van der Waals surface area contributed by atoms with Gasteiger partial charge in [-0.3, -0.25) is 19.3 Å². The smallest absolute Gasteiger partial charge is 0.416 e.